The Morgan fingerprint density at radius 1 is 1.22 bits per heavy atom. The molecule has 2 nitrogen and oxygen atoms in total. The van der Waals surface area contributed by atoms with Crippen molar-refractivity contribution in [2.24, 2.45) is 0 Å². The standard InChI is InChI=1S/C16H20N2/c1-12(2)8-9-17-11-14-5-7-16-15(10-14)6-4-13(3)18-16/h4-8,10,17H,9,11H2,1-3H3. The van der Waals surface area contributed by atoms with Crippen molar-refractivity contribution in [2.45, 2.75) is 27.3 Å². The van der Waals surface area contributed by atoms with Gasteiger partial charge in [0, 0.05) is 24.2 Å². The number of nitrogens with one attached hydrogen (secondary N) is 1. The quantitative estimate of drug-likeness (QED) is 0.652. The van der Waals surface area contributed by atoms with Gasteiger partial charge in [-0.15, -0.1) is 0 Å². The van der Waals surface area contributed by atoms with Crippen molar-refractivity contribution in [2.75, 3.05) is 6.54 Å². The van der Waals surface area contributed by atoms with E-state index < -0.39 is 0 Å². The summed E-state index contributed by atoms with van der Waals surface area (Å²) in [5, 5.41) is 4.62. The van der Waals surface area contributed by atoms with Gasteiger partial charge in [0.2, 0.25) is 0 Å². The topological polar surface area (TPSA) is 24.9 Å². The van der Waals surface area contributed by atoms with E-state index >= 15 is 0 Å². The highest BCUT2D eigenvalue weighted by atomic mass is 14.8. The Hall–Kier alpha value is -1.67. The van der Waals surface area contributed by atoms with Crippen molar-refractivity contribution in [1.29, 1.82) is 0 Å². The highest BCUT2D eigenvalue weighted by Crippen LogP contribution is 2.14. The Morgan fingerprint density at radius 2 is 2.06 bits per heavy atom. The number of pyridine rings is 1. The maximum Gasteiger partial charge on any atom is 0.0705 e. The second-order valence-corrected chi connectivity index (χ2v) is 4.89. The third-order valence-electron chi connectivity index (χ3n) is 2.88. The molecule has 18 heavy (non-hydrogen) atoms. The molecule has 0 amide bonds. The summed E-state index contributed by atoms with van der Waals surface area (Å²) in [4.78, 5) is 4.51. The summed E-state index contributed by atoms with van der Waals surface area (Å²) in [6.07, 6.45) is 2.20. The number of hydrogen-bond acceptors (Lipinski definition) is 2. The van der Waals surface area contributed by atoms with Gasteiger partial charge in [-0.25, -0.2) is 0 Å². The molecule has 2 aromatic rings. The van der Waals surface area contributed by atoms with E-state index in [4.69, 9.17) is 0 Å². The molecule has 0 aliphatic rings. The van der Waals surface area contributed by atoms with Crippen LogP contribution in [0.1, 0.15) is 25.1 Å². The van der Waals surface area contributed by atoms with E-state index in [2.05, 4.69) is 60.6 Å². The average molecular weight is 240 g/mol. The van der Waals surface area contributed by atoms with Crippen LogP contribution in [0.5, 0.6) is 0 Å². The minimum Gasteiger partial charge on any atom is -0.309 e. The lowest BCUT2D eigenvalue weighted by Crippen LogP contribution is -2.13. The average Bonchev–Trinajstić information content (AvgIpc) is 2.34. The highest BCUT2D eigenvalue weighted by molar-refractivity contribution is 5.79. The van der Waals surface area contributed by atoms with Crippen molar-refractivity contribution in [1.82, 2.24) is 10.3 Å². The molecule has 2 rings (SSSR count). The van der Waals surface area contributed by atoms with Gasteiger partial charge in [-0.3, -0.25) is 4.98 Å². The minimum absolute atomic E-state index is 0.896. The van der Waals surface area contributed by atoms with Gasteiger partial charge in [-0.1, -0.05) is 23.8 Å². The number of rotatable bonds is 4. The van der Waals surface area contributed by atoms with Crippen molar-refractivity contribution < 1.29 is 0 Å². The molecular weight excluding hydrogens is 220 g/mol. The molecule has 0 unspecified atom stereocenters. The second kappa shape index (κ2) is 5.78. The summed E-state index contributed by atoms with van der Waals surface area (Å²) in [6.45, 7) is 8.08. The zero-order valence-corrected chi connectivity index (χ0v) is 11.3. The number of allylic oxidation sites excluding steroid dienone is 1. The molecule has 0 aliphatic carbocycles. The first-order valence-electron chi connectivity index (χ1n) is 6.35. The minimum atomic E-state index is 0.896. The van der Waals surface area contributed by atoms with E-state index in [0.29, 0.717) is 0 Å². The molecule has 0 spiro atoms. The van der Waals surface area contributed by atoms with Crippen LogP contribution in [0.25, 0.3) is 10.9 Å². The van der Waals surface area contributed by atoms with Gasteiger partial charge in [0.25, 0.3) is 0 Å². The van der Waals surface area contributed by atoms with E-state index in [0.717, 1.165) is 24.3 Å². The fraction of sp³-hybridized carbons (Fsp3) is 0.312. The summed E-state index contributed by atoms with van der Waals surface area (Å²) in [5.41, 5.74) is 4.79. The predicted octanol–water partition coefficient (Wildman–Crippen LogP) is 3.60. The van der Waals surface area contributed by atoms with E-state index in [-0.39, 0.29) is 0 Å². The van der Waals surface area contributed by atoms with Gasteiger partial charge in [0.15, 0.2) is 0 Å². The number of benzene rings is 1. The Morgan fingerprint density at radius 3 is 2.83 bits per heavy atom. The lowest BCUT2D eigenvalue weighted by atomic mass is 10.1. The van der Waals surface area contributed by atoms with Crippen molar-refractivity contribution in [3.05, 3.63) is 53.2 Å². The van der Waals surface area contributed by atoms with Crippen molar-refractivity contribution >= 4 is 10.9 Å². The molecule has 0 aliphatic heterocycles. The fourth-order valence-electron chi connectivity index (χ4n) is 1.88. The largest absolute Gasteiger partial charge is 0.309 e. The van der Waals surface area contributed by atoms with E-state index in [1.165, 1.54) is 16.5 Å². The van der Waals surface area contributed by atoms with Crippen LogP contribution in [0.3, 0.4) is 0 Å². The Bertz CT molecular complexity index is 566. The highest BCUT2D eigenvalue weighted by Gasteiger charge is 1.97. The molecule has 0 saturated carbocycles. The van der Waals surface area contributed by atoms with Crippen LogP contribution in [0.2, 0.25) is 0 Å². The molecule has 0 radical (unpaired) electrons. The molecule has 1 aromatic carbocycles. The van der Waals surface area contributed by atoms with Gasteiger partial charge >= 0.3 is 0 Å². The van der Waals surface area contributed by atoms with Crippen molar-refractivity contribution in [3.63, 3.8) is 0 Å². The van der Waals surface area contributed by atoms with Gasteiger partial charge < -0.3 is 5.32 Å². The first-order chi connectivity index (χ1) is 8.65. The van der Waals surface area contributed by atoms with Crippen LogP contribution in [0.4, 0.5) is 0 Å². The number of aromatic nitrogens is 1. The SMILES string of the molecule is CC(C)=CCNCc1ccc2nc(C)ccc2c1. The van der Waals surface area contributed by atoms with E-state index in [1.807, 2.05) is 6.92 Å². The van der Waals surface area contributed by atoms with Crippen molar-refractivity contribution in [3.8, 4) is 0 Å². The Kier molecular flexibility index (Phi) is 4.11. The van der Waals surface area contributed by atoms with Gasteiger partial charge in [-0.05, 0) is 44.5 Å². The van der Waals surface area contributed by atoms with Crippen LogP contribution in [-0.2, 0) is 6.54 Å². The summed E-state index contributed by atoms with van der Waals surface area (Å²) >= 11 is 0. The summed E-state index contributed by atoms with van der Waals surface area (Å²) < 4.78 is 0. The number of fused-ring (bicyclic) bond motifs is 1. The number of nitrogens with zero attached hydrogens (tertiary/aromatic N) is 1. The van der Waals surface area contributed by atoms with Crippen LogP contribution < -0.4 is 5.32 Å². The van der Waals surface area contributed by atoms with E-state index in [9.17, 15) is 0 Å². The Balaban J connectivity index is 2.06. The number of aryl methyl sites for hydroxylation is 1. The van der Waals surface area contributed by atoms with Gasteiger partial charge in [-0.2, -0.15) is 0 Å². The first kappa shape index (κ1) is 12.8. The smallest absolute Gasteiger partial charge is 0.0705 e. The molecule has 1 N–H and O–H groups in total. The Labute approximate surface area is 109 Å². The fourth-order valence-corrected chi connectivity index (χ4v) is 1.88. The molecule has 94 valence electrons. The summed E-state index contributed by atoms with van der Waals surface area (Å²) in [7, 11) is 0. The zero-order valence-electron chi connectivity index (χ0n) is 11.3. The first-order valence-corrected chi connectivity index (χ1v) is 6.35. The number of hydrogen-bond donors (Lipinski definition) is 1. The molecule has 1 aromatic heterocycles. The van der Waals surface area contributed by atoms with Crippen LogP contribution >= 0.6 is 0 Å². The lowest BCUT2D eigenvalue weighted by Gasteiger charge is -2.05. The van der Waals surface area contributed by atoms with Gasteiger partial charge in [0.1, 0.15) is 0 Å². The third-order valence-corrected chi connectivity index (χ3v) is 2.88. The molecule has 0 bridgehead atoms. The van der Waals surface area contributed by atoms with Crippen LogP contribution in [0.15, 0.2) is 42.0 Å². The van der Waals surface area contributed by atoms with Crippen LogP contribution in [-0.4, -0.2) is 11.5 Å². The van der Waals surface area contributed by atoms with E-state index in [1.54, 1.807) is 0 Å². The zero-order chi connectivity index (χ0) is 13.0. The second-order valence-electron chi connectivity index (χ2n) is 4.89. The normalized spacial score (nSPS) is 10.6. The monoisotopic (exact) mass is 240 g/mol. The van der Waals surface area contributed by atoms with Crippen LogP contribution in [0, 0.1) is 6.92 Å². The molecule has 2 heteroatoms. The summed E-state index contributed by atoms with van der Waals surface area (Å²) in [6, 6.07) is 10.6. The maximum absolute atomic E-state index is 4.51. The molecule has 0 atom stereocenters. The molecular formula is C16H20N2. The lowest BCUT2D eigenvalue weighted by molar-refractivity contribution is 0.758. The molecule has 0 fully saturated rings. The summed E-state index contributed by atoms with van der Waals surface area (Å²) in [5.74, 6) is 0. The molecule has 1 heterocycles. The third kappa shape index (κ3) is 3.41. The predicted molar refractivity (Wildman–Crippen MR) is 77.6 cm³/mol. The van der Waals surface area contributed by atoms with Gasteiger partial charge in [0.05, 0.1) is 5.52 Å². The molecule has 0 saturated heterocycles. The maximum atomic E-state index is 4.51.